The second-order valence-corrected chi connectivity index (χ2v) is 25.8. The SMILES string of the molecule is Cc1cc(Cc2cc(OC(=O)c3cc(OCOc4cc(O)cc(O)c4)cc(OC(=O)c4cc(O)cc(O)c4)c3)cc(OC(=O)c3cc(OC(=O)c4cc(O)cc(O)c4)cc(OC(=O)c4cc(O)cc(O)c4)c3)c2)cc(C(OO)c2cc(C)cc(OC(=O)c3cc(OC(=O)c4cc(O)cc(O)c4)cc(OC(=O)c4cc(O)cc(O)c4)c3)c2)c1. The molecule has 1 atom stereocenters. The van der Waals surface area contributed by atoms with Gasteiger partial charge in [-0.05, 0) is 169 Å². The van der Waals surface area contributed by atoms with Gasteiger partial charge < -0.3 is 109 Å². The van der Waals surface area contributed by atoms with E-state index in [-0.39, 0.29) is 91.2 Å². The number of aryl methyl sites for hydroxylation is 2. The Morgan fingerprint density at radius 1 is 0.231 bits per heavy atom. The molecule has 32 nitrogen and oxygen atoms in total. The van der Waals surface area contributed by atoms with E-state index in [1.165, 1.54) is 24.3 Å². The number of phenolic OH excluding ortho intramolecular Hbond substituents is 12. The Morgan fingerprint density at radius 2 is 0.444 bits per heavy atom. The Labute approximate surface area is 658 Å². The predicted molar refractivity (Wildman–Crippen MR) is 401 cm³/mol. The van der Waals surface area contributed by atoms with Gasteiger partial charge in [0.05, 0.1) is 44.5 Å². The number of ether oxygens (including phenoxy) is 10. The lowest BCUT2D eigenvalue weighted by Crippen LogP contribution is -2.14. The van der Waals surface area contributed by atoms with Gasteiger partial charge in [0.15, 0.2) is 0 Å². The zero-order valence-corrected chi connectivity index (χ0v) is 60.3. The number of hydrogen-bond acceptors (Lipinski definition) is 32. The fraction of sp³-hybridized carbons (Fsp3) is 0.0588. The molecular formula is C85H60O32. The number of aromatic hydroxyl groups is 12. The molecule has 0 aliphatic carbocycles. The molecule has 0 aliphatic rings. The van der Waals surface area contributed by atoms with Crippen LogP contribution in [-0.2, 0) is 11.3 Å². The van der Waals surface area contributed by atoms with Crippen molar-refractivity contribution in [3.05, 3.63) is 296 Å². The second-order valence-electron chi connectivity index (χ2n) is 25.8. The zero-order chi connectivity index (χ0) is 83.6. The molecular weight excluding hydrogens is 1530 g/mol. The van der Waals surface area contributed by atoms with Crippen LogP contribution >= 0.6 is 0 Å². The van der Waals surface area contributed by atoms with Crippen molar-refractivity contribution in [1.29, 1.82) is 0 Å². The molecule has 0 heterocycles. The third-order valence-electron chi connectivity index (χ3n) is 16.3. The first-order valence-corrected chi connectivity index (χ1v) is 34.1. The Kier molecular flexibility index (Phi) is 23.6. The molecule has 0 saturated carbocycles. The van der Waals surface area contributed by atoms with Gasteiger partial charge in [0, 0.05) is 72.8 Å². The van der Waals surface area contributed by atoms with Gasteiger partial charge in [-0.3, -0.25) is 5.26 Å². The van der Waals surface area contributed by atoms with Gasteiger partial charge in [0.1, 0.15) is 133 Å². The van der Waals surface area contributed by atoms with Crippen molar-refractivity contribution < 1.29 is 157 Å². The van der Waals surface area contributed by atoms with E-state index in [0.717, 1.165) is 170 Å². The van der Waals surface area contributed by atoms with Gasteiger partial charge in [-0.25, -0.2) is 43.2 Å². The highest BCUT2D eigenvalue weighted by Crippen LogP contribution is 2.38. The van der Waals surface area contributed by atoms with Crippen LogP contribution in [0.2, 0.25) is 0 Å². The highest BCUT2D eigenvalue weighted by atomic mass is 17.1. The molecule has 12 aromatic rings. The first kappa shape index (κ1) is 80.1. The number of hydrogen-bond donors (Lipinski definition) is 13. The fourth-order valence-corrected chi connectivity index (χ4v) is 11.7. The Hall–Kier alpha value is -16.5. The summed E-state index contributed by atoms with van der Waals surface area (Å²) in [6.07, 6.45) is -1.56. The van der Waals surface area contributed by atoms with Crippen molar-refractivity contribution in [1.82, 2.24) is 0 Å². The number of benzene rings is 12. The van der Waals surface area contributed by atoms with Gasteiger partial charge in [-0.15, -0.1) is 0 Å². The molecule has 117 heavy (non-hydrogen) atoms. The molecule has 0 amide bonds. The van der Waals surface area contributed by atoms with Gasteiger partial charge >= 0.3 is 47.8 Å². The average molecular weight is 1590 g/mol. The summed E-state index contributed by atoms with van der Waals surface area (Å²) in [7, 11) is 0. The third kappa shape index (κ3) is 21.2. The topological polar surface area (TPSA) is 501 Å². The van der Waals surface area contributed by atoms with Crippen molar-refractivity contribution in [2.24, 2.45) is 0 Å². The lowest BCUT2D eigenvalue weighted by molar-refractivity contribution is -0.270. The van der Waals surface area contributed by atoms with Crippen LogP contribution in [0, 0.1) is 13.8 Å². The summed E-state index contributed by atoms with van der Waals surface area (Å²) in [4.78, 5) is 116. The van der Waals surface area contributed by atoms with Crippen molar-refractivity contribution in [2.75, 3.05) is 6.79 Å². The van der Waals surface area contributed by atoms with E-state index in [9.17, 15) is 105 Å². The molecule has 12 aromatic carbocycles. The summed E-state index contributed by atoms with van der Waals surface area (Å²) in [5.74, 6) is -18.9. The van der Waals surface area contributed by atoms with Crippen LogP contribution in [-0.4, -0.2) is 121 Å². The van der Waals surface area contributed by atoms with E-state index in [2.05, 4.69) is 0 Å². The molecule has 13 N–H and O–H groups in total. The van der Waals surface area contributed by atoms with E-state index in [0.29, 0.717) is 16.7 Å². The van der Waals surface area contributed by atoms with Crippen LogP contribution in [0.5, 0.6) is 126 Å². The second kappa shape index (κ2) is 34.4. The van der Waals surface area contributed by atoms with Crippen LogP contribution in [0.4, 0.5) is 0 Å². The van der Waals surface area contributed by atoms with E-state index in [1.807, 2.05) is 0 Å². The van der Waals surface area contributed by atoms with Crippen molar-refractivity contribution >= 4 is 47.8 Å². The normalized spacial score (nSPS) is 11.1. The third-order valence-corrected chi connectivity index (χ3v) is 16.3. The predicted octanol–water partition coefficient (Wildman–Crippen LogP) is 13.1. The van der Waals surface area contributed by atoms with Crippen LogP contribution in [0.15, 0.2) is 218 Å². The number of rotatable bonds is 25. The lowest BCUT2D eigenvalue weighted by Gasteiger charge is -2.18. The van der Waals surface area contributed by atoms with Crippen molar-refractivity contribution in [2.45, 2.75) is 26.4 Å². The van der Waals surface area contributed by atoms with Crippen molar-refractivity contribution in [3.8, 4) is 126 Å². The molecule has 32 heteroatoms. The minimum atomic E-state index is -1.40. The maximum atomic E-state index is 14.7. The zero-order valence-electron chi connectivity index (χ0n) is 60.3. The smallest absolute Gasteiger partial charge is 0.343 e. The molecule has 12 rings (SSSR count). The van der Waals surface area contributed by atoms with Gasteiger partial charge in [0.25, 0.3) is 0 Å². The summed E-state index contributed by atoms with van der Waals surface area (Å²) >= 11 is 0. The number of esters is 8. The van der Waals surface area contributed by atoms with E-state index >= 15 is 0 Å². The monoisotopic (exact) mass is 1590 g/mol. The Bertz CT molecular complexity index is 5700. The summed E-state index contributed by atoms with van der Waals surface area (Å²) in [5, 5.41) is 132. The first-order valence-electron chi connectivity index (χ1n) is 34.1. The molecule has 0 aliphatic heterocycles. The molecule has 0 fully saturated rings. The summed E-state index contributed by atoms with van der Waals surface area (Å²) < 4.78 is 56.7. The molecule has 592 valence electrons. The van der Waals surface area contributed by atoms with E-state index < -0.39 is 164 Å². The maximum Gasteiger partial charge on any atom is 0.343 e. The minimum absolute atomic E-state index is 0.0699. The average Bonchev–Trinajstić information content (AvgIpc) is 0.807. The summed E-state index contributed by atoms with van der Waals surface area (Å²) in [6.45, 7) is 2.63. The van der Waals surface area contributed by atoms with E-state index in [1.54, 1.807) is 38.1 Å². The van der Waals surface area contributed by atoms with Crippen LogP contribution in [0.3, 0.4) is 0 Å². The molecule has 0 aromatic heterocycles. The first-order chi connectivity index (χ1) is 55.7. The molecule has 0 bridgehead atoms. The number of carbonyl (C=O) groups is 8. The summed E-state index contributed by atoms with van der Waals surface area (Å²) in [6, 6.07) is 40.0. The van der Waals surface area contributed by atoms with Gasteiger partial charge in [-0.2, -0.15) is 0 Å². The van der Waals surface area contributed by atoms with Crippen LogP contribution in [0.1, 0.15) is 122 Å². The highest BCUT2D eigenvalue weighted by molar-refractivity contribution is 5.99. The fourth-order valence-electron chi connectivity index (χ4n) is 11.7. The standard InChI is InChI=1S/C85H60O32/c1-41-3-43(8-45(4-41)77(117-106)46-5-42(2)6-69(21-46)109-84(104)53-24-73(113-79(99)48-13-57(88)29-58(89)14-48)38-74(25-53)114-80(100)49-15-59(90)30-60(91)16-49)7-44-9-70(110-83(103)52-22-67(107-40-108-68-34-65(96)33-66(97)35-68)36-72(23-52)112-78(98)47-11-55(86)28-56(87)12-47)37-71(10-44)111-85(105)54-26-75(115-81(101)50-17-61(92)31-62(93)18-50)39-76(27-54)116-82(102)51-19-63(94)32-64(95)20-51/h3-6,8-39,77,86-97,106H,7,40H2,1-2H3. The van der Waals surface area contributed by atoms with Crippen LogP contribution in [0.25, 0.3) is 0 Å². The molecule has 0 spiro atoms. The Morgan fingerprint density at radius 3 is 0.735 bits per heavy atom. The van der Waals surface area contributed by atoms with Crippen molar-refractivity contribution in [3.63, 3.8) is 0 Å². The van der Waals surface area contributed by atoms with Gasteiger partial charge in [-0.1, -0.05) is 29.8 Å². The quantitative estimate of drug-likeness (QED) is 0.00831. The van der Waals surface area contributed by atoms with Crippen LogP contribution < -0.4 is 47.4 Å². The largest absolute Gasteiger partial charge is 0.508 e. The Balaban J connectivity index is 0.877. The number of carbonyl (C=O) groups excluding carboxylic acids is 8. The highest BCUT2D eigenvalue weighted by Gasteiger charge is 2.27. The number of phenols is 12. The van der Waals surface area contributed by atoms with Gasteiger partial charge in [0.2, 0.25) is 6.79 Å². The van der Waals surface area contributed by atoms with E-state index in [4.69, 9.17) is 52.3 Å². The minimum Gasteiger partial charge on any atom is -0.508 e. The lowest BCUT2D eigenvalue weighted by atomic mass is 9.94. The molecule has 0 saturated heterocycles. The summed E-state index contributed by atoms with van der Waals surface area (Å²) in [5.41, 5.74) is -1.09. The molecule has 1 unspecified atom stereocenters. The molecule has 0 radical (unpaired) electrons. The maximum absolute atomic E-state index is 14.7.